The molecule has 0 saturated heterocycles. The maximum Gasteiger partial charge on any atom is 0.293 e. The molecule has 14 heavy (non-hydrogen) atoms. The number of rotatable bonds is 2. The Morgan fingerprint density at radius 1 is 1.57 bits per heavy atom. The Kier molecular flexibility index (Phi) is 2.82. The Balaban J connectivity index is 2.10. The highest BCUT2D eigenvalue weighted by molar-refractivity contribution is 14.1. The SMILES string of the molecule is O=C(Nc1nccs1)c1ccc(I)o1. The van der Waals surface area contributed by atoms with E-state index >= 15 is 0 Å². The molecule has 0 unspecified atom stereocenters. The van der Waals surface area contributed by atoms with Gasteiger partial charge in [-0.05, 0) is 34.7 Å². The zero-order valence-electron chi connectivity index (χ0n) is 6.86. The van der Waals surface area contributed by atoms with Crippen molar-refractivity contribution in [2.45, 2.75) is 0 Å². The van der Waals surface area contributed by atoms with Gasteiger partial charge in [-0.3, -0.25) is 10.1 Å². The van der Waals surface area contributed by atoms with Crippen LogP contribution in [0, 0.1) is 3.77 Å². The number of amides is 1. The largest absolute Gasteiger partial charge is 0.445 e. The molecule has 6 heteroatoms. The van der Waals surface area contributed by atoms with E-state index in [4.69, 9.17) is 4.42 Å². The first-order valence-corrected chi connectivity index (χ1v) is 5.68. The van der Waals surface area contributed by atoms with E-state index in [1.165, 1.54) is 11.3 Å². The topological polar surface area (TPSA) is 55.1 Å². The maximum absolute atomic E-state index is 11.5. The van der Waals surface area contributed by atoms with Crippen LogP contribution in [0.5, 0.6) is 0 Å². The van der Waals surface area contributed by atoms with E-state index < -0.39 is 0 Å². The van der Waals surface area contributed by atoms with Gasteiger partial charge in [-0.25, -0.2) is 4.98 Å². The van der Waals surface area contributed by atoms with Gasteiger partial charge in [-0.1, -0.05) is 0 Å². The first-order valence-electron chi connectivity index (χ1n) is 3.72. The third kappa shape index (κ3) is 2.13. The average molecular weight is 320 g/mol. The summed E-state index contributed by atoms with van der Waals surface area (Å²) in [4.78, 5) is 15.4. The summed E-state index contributed by atoms with van der Waals surface area (Å²) in [6.45, 7) is 0. The van der Waals surface area contributed by atoms with E-state index in [0.29, 0.717) is 14.7 Å². The summed E-state index contributed by atoms with van der Waals surface area (Å²) in [7, 11) is 0. The van der Waals surface area contributed by atoms with Gasteiger partial charge < -0.3 is 4.42 Å². The molecule has 0 aromatic carbocycles. The Hall–Kier alpha value is -0.890. The van der Waals surface area contributed by atoms with Crippen LogP contribution in [0.2, 0.25) is 0 Å². The molecule has 0 aliphatic heterocycles. The van der Waals surface area contributed by atoms with E-state index in [0.717, 1.165) is 0 Å². The van der Waals surface area contributed by atoms with Crippen molar-refractivity contribution in [2.24, 2.45) is 0 Å². The number of nitrogens with zero attached hydrogens (tertiary/aromatic N) is 1. The lowest BCUT2D eigenvalue weighted by atomic mass is 10.4. The van der Waals surface area contributed by atoms with Gasteiger partial charge in [-0.2, -0.15) is 0 Å². The van der Waals surface area contributed by atoms with Gasteiger partial charge in [0.25, 0.3) is 5.91 Å². The maximum atomic E-state index is 11.5. The van der Waals surface area contributed by atoms with E-state index in [1.54, 1.807) is 23.7 Å². The van der Waals surface area contributed by atoms with Crippen LogP contribution in [0.15, 0.2) is 28.1 Å². The fourth-order valence-corrected chi connectivity index (χ4v) is 1.82. The summed E-state index contributed by atoms with van der Waals surface area (Å²) < 4.78 is 5.83. The van der Waals surface area contributed by atoms with Crippen molar-refractivity contribution in [1.29, 1.82) is 0 Å². The van der Waals surface area contributed by atoms with Crippen molar-refractivity contribution in [3.8, 4) is 0 Å². The molecule has 0 bridgehead atoms. The van der Waals surface area contributed by atoms with Crippen LogP contribution in [-0.4, -0.2) is 10.9 Å². The molecular formula is C8H5IN2O2S. The lowest BCUT2D eigenvalue weighted by Gasteiger charge is -1.96. The second kappa shape index (κ2) is 4.09. The third-order valence-corrected chi connectivity index (χ3v) is 2.72. The normalized spacial score (nSPS) is 10.1. The summed E-state index contributed by atoms with van der Waals surface area (Å²) >= 11 is 3.37. The number of nitrogens with one attached hydrogen (secondary N) is 1. The fraction of sp³-hybridized carbons (Fsp3) is 0. The molecule has 0 atom stereocenters. The van der Waals surface area contributed by atoms with E-state index in [9.17, 15) is 4.79 Å². The molecule has 72 valence electrons. The summed E-state index contributed by atoms with van der Waals surface area (Å²) in [5.41, 5.74) is 0. The van der Waals surface area contributed by atoms with Gasteiger partial charge in [0, 0.05) is 11.6 Å². The summed E-state index contributed by atoms with van der Waals surface area (Å²) in [6.07, 6.45) is 1.63. The Morgan fingerprint density at radius 2 is 2.43 bits per heavy atom. The molecule has 0 fully saturated rings. The smallest absolute Gasteiger partial charge is 0.293 e. The highest BCUT2D eigenvalue weighted by Crippen LogP contribution is 2.14. The Morgan fingerprint density at radius 3 is 3.00 bits per heavy atom. The van der Waals surface area contributed by atoms with Crippen molar-refractivity contribution >= 4 is 45.0 Å². The number of anilines is 1. The quantitative estimate of drug-likeness (QED) is 0.866. The molecule has 2 aromatic heterocycles. The van der Waals surface area contributed by atoms with Crippen LogP contribution in [0.4, 0.5) is 5.13 Å². The van der Waals surface area contributed by atoms with Crippen LogP contribution in [0.1, 0.15) is 10.6 Å². The average Bonchev–Trinajstić information content (AvgIpc) is 2.75. The minimum atomic E-state index is -0.275. The molecule has 2 rings (SSSR count). The number of thiazole rings is 1. The van der Waals surface area contributed by atoms with Gasteiger partial charge >= 0.3 is 0 Å². The van der Waals surface area contributed by atoms with Crippen molar-refractivity contribution in [3.63, 3.8) is 0 Å². The molecule has 0 radical (unpaired) electrons. The van der Waals surface area contributed by atoms with E-state index in [1.807, 2.05) is 22.6 Å². The van der Waals surface area contributed by atoms with Gasteiger partial charge in [0.1, 0.15) is 0 Å². The summed E-state index contributed by atoms with van der Waals surface area (Å²) in [5, 5.41) is 4.99. The van der Waals surface area contributed by atoms with Crippen LogP contribution >= 0.6 is 33.9 Å². The second-order valence-corrected chi connectivity index (χ2v) is 4.35. The van der Waals surface area contributed by atoms with Crippen molar-refractivity contribution in [3.05, 3.63) is 33.2 Å². The highest BCUT2D eigenvalue weighted by Gasteiger charge is 2.11. The molecule has 1 amide bonds. The predicted molar refractivity (Wildman–Crippen MR) is 61.5 cm³/mol. The zero-order valence-corrected chi connectivity index (χ0v) is 9.83. The minimum absolute atomic E-state index is 0.275. The predicted octanol–water partition coefficient (Wildman–Crippen LogP) is 2.59. The molecule has 4 nitrogen and oxygen atoms in total. The monoisotopic (exact) mass is 320 g/mol. The Bertz CT molecular complexity index is 438. The van der Waals surface area contributed by atoms with Crippen molar-refractivity contribution < 1.29 is 9.21 Å². The van der Waals surface area contributed by atoms with E-state index in [-0.39, 0.29) is 5.91 Å². The zero-order chi connectivity index (χ0) is 9.97. The van der Waals surface area contributed by atoms with Crippen LogP contribution < -0.4 is 5.32 Å². The third-order valence-electron chi connectivity index (χ3n) is 1.45. The fourth-order valence-electron chi connectivity index (χ4n) is 0.880. The Labute approximate surface area is 97.5 Å². The van der Waals surface area contributed by atoms with Crippen LogP contribution in [0.3, 0.4) is 0 Å². The number of halogens is 1. The molecule has 0 aliphatic rings. The lowest BCUT2D eigenvalue weighted by molar-refractivity contribution is 0.0995. The number of furan rings is 1. The van der Waals surface area contributed by atoms with Gasteiger partial charge in [-0.15, -0.1) is 11.3 Å². The summed E-state index contributed by atoms with van der Waals surface area (Å²) in [6, 6.07) is 3.36. The molecule has 1 N–H and O–H groups in total. The van der Waals surface area contributed by atoms with Gasteiger partial charge in [0.15, 0.2) is 14.7 Å². The molecule has 2 aromatic rings. The second-order valence-electron chi connectivity index (χ2n) is 2.40. The number of carbonyl (C=O) groups is 1. The van der Waals surface area contributed by atoms with Gasteiger partial charge in [0.2, 0.25) is 0 Å². The number of hydrogen-bond acceptors (Lipinski definition) is 4. The van der Waals surface area contributed by atoms with Crippen molar-refractivity contribution in [2.75, 3.05) is 5.32 Å². The highest BCUT2D eigenvalue weighted by atomic mass is 127. The van der Waals surface area contributed by atoms with Crippen LogP contribution in [-0.2, 0) is 0 Å². The molecule has 2 heterocycles. The summed E-state index contributed by atoms with van der Waals surface area (Å²) in [5.74, 6) is 0.0208. The molecular weight excluding hydrogens is 315 g/mol. The number of hydrogen-bond donors (Lipinski definition) is 1. The first-order chi connectivity index (χ1) is 6.75. The first kappa shape index (κ1) is 9.66. The number of aromatic nitrogens is 1. The minimum Gasteiger partial charge on any atom is -0.445 e. The molecule has 0 aliphatic carbocycles. The lowest BCUT2D eigenvalue weighted by Crippen LogP contribution is -2.10. The van der Waals surface area contributed by atoms with Gasteiger partial charge in [0.05, 0.1) is 0 Å². The molecule has 0 spiro atoms. The van der Waals surface area contributed by atoms with E-state index in [2.05, 4.69) is 10.3 Å². The number of carbonyl (C=O) groups excluding carboxylic acids is 1. The van der Waals surface area contributed by atoms with Crippen LogP contribution in [0.25, 0.3) is 0 Å². The molecule has 0 saturated carbocycles. The standard InChI is InChI=1S/C8H5IN2O2S/c9-6-2-1-5(13-6)7(12)11-8-10-3-4-14-8/h1-4H,(H,10,11,12). The van der Waals surface area contributed by atoms with Crippen molar-refractivity contribution in [1.82, 2.24) is 4.98 Å².